The second kappa shape index (κ2) is 11.7. The highest BCUT2D eigenvalue weighted by molar-refractivity contribution is 7.89. The number of para-hydroxylation sites is 1. The summed E-state index contributed by atoms with van der Waals surface area (Å²) in [6, 6.07) is 11.9. The number of hydrogen-bond acceptors (Lipinski definition) is 10. The summed E-state index contributed by atoms with van der Waals surface area (Å²) < 4.78 is 31.3. The van der Waals surface area contributed by atoms with Crippen LogP contribution in [0.1, 0.15) is 0 Å². The summed E-state index contributed by atoms with van der Waals surface area (Å²) in [6.45, 7) is 5.04. The normalized spacial score (nSPS) is 11.4. The van der Waals surface area contributed by atoms with Crippen LogP contribution in [-0.2, 0) is 14.8 Å². The van der Waals surface area contributed by atoms with Crippen LogP contribution in [0.2, 0.25) is 0 Å². The summed E-state index contributed by atoms with van der Waals surface area (Å²) in [5, 5.41) is 15.7. The quantitative estimate of drug-likeness (QED) is 0.230. The molecule has 2 aromatic carbocycles. The molecule has 0 aliphatic heterocycles. The number of nitrogens with zero attached hydrogens (tertiary/aromatic N) is 6. The van der Waals surface area contributed by atoms with Gasteiger partial charge in [-0.3, -0.25) is 4.79 Å². The number of carbonyl (C=O) groups is 1. The van der Waals surface area contributed by atoms with Crippen molar-refractivity contribution in [2.45, 2.75) is 5.03 Å². The molecule has 0 aliphatic rings. The Morgan fingerprint density at radius 1 is 1.15 bits per heavy atom. The first kappa shape index (κ1) is 28.5. The molecule has 40 heavy (non-hydrogen) atoms. The van der Waals surface area contributed by atoms with E-state index in [9.17, 15) is 13.2 Å². The fourth-order valence-corrected chi connectivity index (χ4v) is 4.65. The molecule has 4 N–H and O–H groups in total. The predicted molar refractivity (Wildman–Crippen MR) is 155 cm³/mol. The molecule has 0 radical (unpaired) electrons. The molecule has 0 saturated carbocycles. The fourth-order valence-electron chi connectivity index (χ4n) is 3.98. The molecule has 2 heterocycles. The van der Waals surface area contributed by atoms with Crippen LogP contribution in [0.25, 0.3) is 16.7 Å². The Bertz CT molecular complexity index is 1670. The van der Waals surface area contributed by atoms with E-state index < -0.39 is 10.0 Å². The molecule has 13 nitrogen and oxygen atoms in total. The summed E-state index contributed by atoms with van der Waals surface area (Å²) in [4.78, 5) is 25.1. The third-order valence-corrected chi connectivity index (χ3v) is 6.82. The van der Waals surface area contributed by atoms with Gasteiger partial charge in [-0.25, -0.2) is 23.2 Å². The average molecular weight is 566 g/mol. The summed E-state index contributed by atoms with van der Waals surface area (Å²) in [5.41, 5.74) is 2.27. The van der Waals surface area contributed by atoms with Gasteiger partial charge in [-0.1, -0.05) is 18.7 Å². The third kappa shape index (κ3) is 6.20. The van der Waals surface area contributed by atoms with E-state index >= 15 is 0 Å². The van der Waals surface area contributed by atoms with Crippen LogP contribution in [0.5, 0.6) is 5.75 Å². The Morgan fingerprint density at radius 3 is 2.58 bits per heavy atom. The molecule has 0 atom stereocenters. The first-order chi connectivity index (χ1) is 19.0. The van der Waals surface area contributed by atoms with Crippen LogP contribution < -0.4 is 25.4 Å². The summed E-state index contributed by atoms with van der Waals surface area (Å²) in [6.07, 6.45) is 2.70. The number of nitrogens with one attached hydrogen (secondary N) is 2. The lowest BCUT2D eigenvalue weighted by molar-refractivity contribution is -0.111. The predicted octanol–water partition coefficient (Wildman–Crippen LogP) is 2.34. The molecule has 14 heteroatoms. The Labute approximate surface area is 232 Å². The number of sulfonamides is 1. The lowest BCUT2D eigenvalue weighted by Gasteiger charge is -2.26. The van der Waals surface area contributed by atoms with Gasteiger partial charge in [0.15, 0.2) is 10.8 Å². The standard InChI is InChI=1S/C26H31N9O4S/c1-6-24(36)29-18-15-19(22(39-5)16-21(18)34(4)14-13-33(2)3)30-26-28-12-11-23(31-26)35-20-10-8-7-9-17(20)25(32-35)40(27,37)38/h6-12,15-16H,1,13-14H2,2-5H3,(H,29,36)(H2,27,37,38)(H,28,30,31). The molecule has 210 valence electrons. The van der Waals surface area contributed by atoms with Crippen molar-refractivity contribution in [3.8, 4) is 11.6 Å². The minimum Gasteiger partial charge on any atom is -0.494 e. The van der Waals surface area contributed by atoms with Gasteiger partial charge in [-0.15, -0.1) is 0 Å². The van der Waals surface area contributed by atoms with E-state index in [-0.39, 0.29) is 16.9 Å². The molecule has 0 saturated heterocycles. The number of fused-ring (bicyclic) bond motifs is 1. The number of methoxy groups -OCH3 is 1. The molecule has 0 spiro atoms. The van der Waals surface area contributed by atoms with E-state index in [0.717, 1.165) is 12.2 Å². The van der Waals surface area contributed by atoms with Gasteiger partial charge < -0.3 is 25.2 Å². The molecule has 0 bridgehead atoms. The maximum Gasteiger partial charge on any atom is 0.258 e. The summed E-state index contributed by atoms with van der Waals surface area (Å²) in [7, 11) is 3.35. The van der Waals surface area contributed by atoms with E-state index in [1.54, 1.807) is 42.5 Å². The van der Waals surface area contributed by atoms with Crippen LogP contribution in [-0.4, -0.2) is 80.3 Å². The zero-order chi connectivity index (χ0) is 29.0. The zero-order valence-corrected chi connectivity index (χ0v) is 23.4. The Morgan fingerprint density at radius 2 is 1.90 bits per heavy atom. The number of amides is 1. The van der Waals surface area contributed by atoms with Gasteiger partial charge >= 0.3 is 0 Å². The van der Waals surface area contributed by atoms with Crippen LogP contribution in [0.3, 0.4) is 0 Å². The third-order valence-electron chi connectivity index (χ3n) is 5.98. The Kier molecular flexibility index (Phi) is 8.32. The van der Waals surface area contributed by atoms with Crippen molar-refractivity contribution in [3.63, 3.8) is 0 Å². The second-order valence-corrected chi connectivity index (χ2v) is 10.6. The van der Waals surface area contributed by atoms with Crippen molar-refractivity contribution in [1.29, 1.82) is 0 Å². The second-order valence-electron chi connectivity index (χ2n) is 9.13. The van der Waals surface area contributed by atoms with Crippen molar-refractivity contribution in [3.05, 3.63) is 61.3 Å². The molecule has 4 aromatic rings. The van der Waals surface area contributed by atoms with E-state index in [1.165, 1.54) is 24.1 Å². The highest BCUT2D eigenvalue weighted by Gasteiger charge is 2.21. The number of primary sulfonamides is 1. The number of aromatic nitrogens is 4. The number of hydrogen-bond donors (Lipinski definition) is 3. The minimum atomic E-state index is -4.08. The van der Waals surface area contributed by atoms with Gasteiger partial charge in [0.25, 0.3) is 10.0 Å². The van der Waals surface area contributed by atoms with Crippen molar-refractivity contribution >= 4 is 49.8 Å². The van der Waals surface area contributed by atoms with Crippen molar-refractivity contribution in [2.24, 2.45) is 5.14 Å². The first-order valence-electron chi connectivity index (χ1n) is 12.1. The molecule has 0 unspecified atom stereocenters. The highest BCUT2D eigenvalue weighted by atomic mass is 32.2. The molecule has 2 aromatic heterocycles. The van der Waals surface area contributed by atoms with Crippen LogP contribution in [0, 0.1) is 0 Å². The largest absolute Gasteiger partial charge is 0.494 e. The number of ether oxygens (including phenoxy) is 1. The number of nitrogens with two attached hydrogens (primary N) is 1. The van der Waals surface area contributed by atoms with Crippen molar-refractivity contribution in [1.82, 2.24) is 24.6 Å². The minimum absolute atomic E-state index is 0.183. The van der Waals surface area contributed by atoms with Gasteiger partial charge in [-0.05, 0) is 38.4 Å². The van der Waals surface area contributed by atoms with Gasteiger partial charge in [0.05, 0.1) is 29.7 Å². The SMILES string of the molecule is C=CC(=O)Nc1cc(Nc2nccc(-n3nc(S(N)(=O)=O)c4ccccc43)n2)c(OC)cc1N(C)CCN(C)C. The lowest BCUT2D eigenvalue weighted by atomic mass is 10.2. The average Bonchev–Trinajstić information content (AvgIpc) is 3.32. The topological polar surface area (TPSA) is 161 Å². The summed E-state index contributed by atoms with van der Waals surface area (Å²) >= 11 is 0. The molecule has 1 amide bonds. The van der Waals surface area contributed by atoms with Crippen LogP contribution in [0.4, 0.5) is 23.0 Å². The number of likely N-dealkylation sites (N-methyl/N-ethyl adjacent to an activating group) is 2. The monoisotopic (exact) mass is 565 g/mol. The van der Waals surface area contributed by atoms with Gasteiger partial charge in [0.2, 0.25) is 11.9 Å². The zero-order valence-electron chi connectivity index (χ0n) is 22.6. The lowest BCUT2D eigenvalue weighted by Crippen LogP contribution is -2.29. The maximum atomic E-state index is 12.2. The smallest absolute Gasteiger partial charge is 0.258 e. The van der Waals surface area contributed by atoms with E-state index in [1.807, 2.05) is 26.0 Å². The number of carbonyl (C=O) groups excluding carboxylic acids is 1. The van der Waals surface area contributed by atoms with Crippen molar-refractivity contribution < 1.29 is 17.9 Å². The van der Waals surface area contributed by atoms with Gasteiger partial charge in [0.1, 0.15) is 5.75 Å². The van der Waals surface area contributed by atoms with Gasteiger partial charge in [-0.2, -0.15) is 10.1 Å². The number of benzene rings is 2. The van der Waals surface area contributed by atoms with Gasteiger partial charge in [0, 0.05) is 43.9 Å². The van der Waals surface area contributed by atoms with E-state index in [4.69, 9.17) is 9.88 Å². The highest BCUT2D eigenvalue weighted by Crippen LogP contribution is 2.38. The number of rotatable bonds is 11. The Hall–Kier alpha value is -4.53. The molecule has 4 rings (SSSR count). The maximum absolute atomic E-state index is 12.2. The summed E-state index contributed by atoms with van der Waals surface area (Å²) in [5.74, 6) is 0.608. The molecular weight excluding hydrogens is 534 g/mol. The van der Waals surface area contributed by atoms with Crippen molar-refractivity contribution in [2.75, 3.05) is 56.9 Å². The van der Waals surface area contributed by atoms with E-state index in [0.29, 0.717) is 40.4 Å². The van der Waals surface area contributed by atoms with Crippen LogP contribution >= 0.6 is 0 Å². The molecular formula is C26H31N9O4S. The fraction of sp³-hybridized carbons (Fsp3) is 0.231. The first-order valence-corrected chi connectivity index (χ1v) is 13.7. The molecule has 0 fully saturated rings. The Balaban J connectivity index is 1.75. The number of anilines is 4. The van der Waals surface area contributed by atoms with E-state index in [2.05, 4.69) is 37.2 Å². The van der Waals surface area contributed by atoms with Crippen LogP contribution in [0.15, 0.2) is 66.3 Å². The molecule has 0 aliphatic carbocycles.